The summed E-state index contributed by atoms with van der Waals surface area (Å²) >= 11 is 0. The first-order valence-corrected chi connectivity index (χ1v) is 5.87. The molecule has 2 heteroatoms. The second-order valence-corrected chi connectivity index (χ2v) is 4.22. The number of carbonyl (C=O) groups is 1. The number of rotatable bonds is 4. The maximum absolute atomic E-state index is 11.5. The van der Waals surface area contributed by atoms with Crippen molar-refractivity contribution in [1.82, 2.24) is 0 Å². The van der Waals surface area contributed by atoms with E-state index in [4.69, 9.17) is 0 Å². The molecule has 1 rings (SSSR count). The van der Waals surface area contributed by atoms with Crippen LogP contribution in [0.25, 0.3) is 0 Å². The molecular formula is C14H20O2. The van der Waals surface area contributed by atoms with E-state index in [1.807, 2.05) is 44.2 Å². The van der Waals surface area contributed by atoms with E-state index in [0.717, 1.165) is 31.3 Å². The highest BCUT2D eigenvalue weighted by molar-refractivity contribution is 5.80. The maximum atomic E-state index is 11.5. The average molecular weight is 220 g/mol. The third-order valence-corrected chi connectivity index (χ3v) is 3.31. The molecule has 0 aromatic carbocycles. The van der Waals surface area contributed by atoms with Crippen molar-refractivity contribution in [3.63, 3.8) is 0 Å². The Morgan fingerprint density at radius 1 is 1.19 bits per heavy atom. The first kappa shape index (κ1) is 12.8. The van der Waals surface area contributed by atoms with Crippen LogP contribution in [0.5, 0.6) is 0 Å². The zero-order valence-corrected chi connectivity index (χ0v) is 10.1. The van der Waals surface area contributed by atoms with Crippen molar-refractivity contribution < 1.29 is 9.90 Å². The molecule has 1 N–H and O–H groups in total. The smallest absolute Gasteiger partial charge is 0.314 e. The van der Waals surface area contributed by atoms with Crippen molar-refractivity contribution >= 4 is 5.97 Å². The van der Waals surface area contributed by atoms with Crippen molar-refractivity contribution in [3.8, 4) is 0 Å². The summed E-state index contributed by atoms with van der Waals surface area (Å²) < 4.78 is 0. The molecule has 88 valence electrons. The van der Waals surface area contributed by atoms with E-state index >= 15 is 0 Å². The van der Waals surface area contributed by atoms with Crippen molar-refractivity contribution in [2.75, 3.05) is 0 Å². The van der Waals surface area contributed by atoms with E-state index in [-0.39, 0.29) is 0 Å². The molecule has 0 radical (unpaired) electrons. The van der Waals surface area contributed by atoms with Gasteiger partial charge in [0.25, 0.3) is 0 Å². The summed E-state index contributed by atoms with van der Waals surface area (Å²) in [5.41, 5.74) is 0.308. The van der Waals surface area contributed by atoms with Crippen LogP contribution in [0.1, 0.15) is 39.5 Å². The average Bonchev–Trinajstić information content (AvgIpc) is 2.74. The van der Waals surface area contributed by atoms with E-state index in [0.29, 0.717) is 0 Å². The van der Waals surface area contributed by atoms with Crippen molar-refractivity contribution in [3.05, 3.63) is 36.0 Å². The van der Waals surface area contributed by atoms with Crippen LogP contribution in [0.4, 0.5) is 0 Å². The Morgan fingerprint density at radius 3 is 2.25 bits per heavy atom. The Bertz CT molecular complexity index is 329. The van der Waals surface area contributed by atoms with Gasteiger partial charge in [0.05, 0.1) is 5.41 Å². The number of carboxylic acid groups (broad SMARTS) is 1. The molecule has 0 unspecified atom stereocenters. The molecule has 0 atom stereocenters. The quantitative estimate of drug-likeness (QED) is 0.733. The third kappa shape index (κ3) is 2.43. The van der Waals surface area contributed by atoms with Crippen LogP contribution in [0, 0.1) is 5.41 Å². The summed E-state index contributed by atoms with van der Waals surface area (Å²) in [7, 11) is 0. The van der Waals surface area contributed by atoms with Gasteiger partial charge in [-0.25, -0.2) is 0 Å². The van der Waals surface area contributed by atoms with Gasteiger partial charge in [-0.05, 0) is 32.3 Å². The minimum atomic E-state index is -0.678. The van der Waals surface area contributed by atoms with Crippen molar-refractivity contribution in [1.29, 1.82) is 0 Å². The number of aliphatic carboxylic acids is 1. The number of hydrogen-bond acceptors (Lipinski definition) is 1. The van der Waals surface area contributed by atoms with Crippen molar-refractivity contribution in [2.24, 2.45) is 5.41 Å². The van der Waals surface area contributed by atoms with Gasteiger partial charge in [0.15, 0.2) is 0 Å². The topological polar surface area (TPSA) is 37.3 Å². The molecule has 1 aliphatic rings. The first-order chi connectivity index (χ1) is 7.67. The Hall–Kier alpha value is -1.31. The largest absolute Gasteiger partial charge is 0.481 e. The molecule has 2 nitrogen and oxygen atoms in total. The Labute approximate surface area is 97.4 Å². The molecule has 0 bridgehead atoms. The molecule has 0 heterocycles. The van der Waals surface area contributed by atoms with E-state index in [1.54, 1.807) is 0 Å². The molecule has 0 aromatic rings. The minimum Gasteiger partial charge on any atom is -0.481 e. The lowest BCUT2D eigenvalue weighted by Crippen LogP contribution is -2.29. The first-order valence-electron chi connectivity index (χ1n) is 5.87. The van der Waals surface area contributed by atoms with Gasteiger partial charge in [0, 0.05) is 0 Å². The second kappa shape index (κ2) is 5.69. The van der Waals surface area contributed by atoms with Gasteiger partial charge in [-0.1, -0.05) is 43.2 Å². The summed E-state index contributed by atoms with van der Waals surface area (Å²) in [6.07, 6.45) is 13.2. The fourth-order valence-corrected chi connectivity index (χ4v) is 2.41. The summed E-state index contributed by atoms with van der Waals surface area (Å²) in [6.45, 7) is 3.86. The molecular weight excluding hydrogens is 200 g/mol. The number of hydrogen-bond donors (Lipinski definition) is 1. The zero-order valence-electron chi connectivity index (χ0n) is 10.1. The number of allylic oxidation sites excluding steroid dienone is 5. The van der Waals surface area contributed by atoms with E-state index in [1.165, 1.54) is 0 Å². The summed E-state index contributed by atoms with van der Waals surface area (Å²) in [5, 5.41) is 9.43. The summed E-state index contributed by atoms with van der Waals surface area (Å²) in [4.78, 5) is 11.5. The van der Waals surface area contributed by atoms with Gasteiger partial charge in [0.2, 0.25) is 0 Å². The third-order valence-electron chi connectivity index (χ3n) is 3.31. The Balaban J connectivity index is 2.96. The SMILES string of the molecule is C\C=C/C=C\C(=C/C)C1(C(=O)O)CCCC1. The second-order valence-electron chi connectivity index (χ2n) is 4.22. The predicted octanol–water partition coefficient (Wildman–Crippen LogP) is 3.71. The Kier molecular flexibility index (Phi) is 4.53. The van der Waals surface area contributed by atoms with E-state index in [9.17, 15) is 9.90 Å². The van der Waals surface area contributed by atoms with E-state index < -0.39 is 11.4 Å². The van der Waals surface area contributed by atoms with Crippen LogP contribution >= 0.6 is 0 Å². The normalized spacial score (nSPS) is 21.0. The van der Waals surface area contributed by atoms with Crippen LogP contribution in [-0.4, -0.2) is 11.1 Å². The van der Waals surface area contributed by atoms with Crippen LogP contribution < -0.4 is 0 Å². The molecule has 16 heavy (non-hydrogen) atoms. The van der Waals surface area contributed by atoms with Gasteiger partial charge >= 0.3 is 5.97 Å². The lowest BCUT2D eigenvalue weighted by atomic mass is 9.78. The minimum absolute atomic E-state index is 0.632. The molecule has 0 spiro atoms. The molecule has 0 aliphatic heterocycles. The fraction of sp³-hybridized carbons (Fsp3) is 0.500. The lowest BCUT2D eigenvalue weighted by molar-refractivity contribution is -0.146. The van der Waals surface area contributed by atoms with Crippen LogP contribution in [-0.2, 0) is 4.79 Å². The van der Waals surface area contributed by atoms with Gasteiger partial charge in [-0.15, -0.1) is 0 Å². The molecule has 0 aromatic heterocycles. The van der Waals surface area contributed by atoms with Gasteiger partial charge in [-0.2, -0.15) is 0 Å². The predicted molar refractivity (Wildman–Crippen MR) is 66.2 cm³/mol. The highest BCUT2D eigenvalue weighted by Crippen LogP contribution is 2.44. The molecule has 1 aliphatic carbocycles. The van der Waals surface area contributed by atoms with Gasteiger partial charge < -0.3 is 5.11 Å². The lowest BCUT2D eigenvalue weighted by Gasteiger charge is -2.25. The maximum Gasteiger partial charge on any atom is 0.314 e. The Morgan fingerprint density at radius 2 is 1.81 bits per heavy atom. The fourth-order valence-electron chi connectivity index (χ4n) is 2.41. The van der Waals surface area contributed by atoms with E-state index in [2.05, 4.69) is 0 Å². The molecule has 1 fully saturated rings. The van der Waals surface area contributed by atoms with Crippen LogP contribution in [0.3, 0.4) is 0 Å². The highest BCUT2D eigenvalue weighted by atomic mass is 16.4. The van der Waals surface area contributed by atoms with Crippen LogP contribution in [0.2, 0.25) is 0 Å². The monoisotopic (exact) mass is 220 g/mol. The standard InChI is InChI=1S/C14H20O2/c1-3-5-6-9-12(4-2)14(13(15)16)10-7-8-11-14/h3-6,9H,7-8,10-11H2,1-2H3,(H,15,16)/b5-3-,9-6-,12-4+. The van der Waals surface area contributed by atoms with Gasteiger partial charge in [0.1, 0.15) is 0 Å². The molecule has 1 saturated carbocycles. The van der Waals surface area contributed by atoms with Crippen molar-refractivity contribution in [2.45, 2.75) is 39.5 Å². The highest BCUT2D eigenvalue weighted by Gasteiger charge is 2.43. The zero-order chi connectivity index (χ0) is 12.0. The molecule has 0 amide bonds. The summed E-state index contributed by atoms with van der Waals surface area (Å²) in [6, 6.07) is 0. The number of carboxylic acids is 1. The summed E-state index contributed by atoms with van der Waals surface area (Å²) in [5.74, 6) is -0.678. The molecule has 0 saturated heterocycles. The van der Waals surface area contributed by atoms with Gasteiger partial charge in [-0.3, -0.25) is 4.79 Å². The van der Waals surface area contributed by atoms with Crippen LogP contribution in [0.15, 0.2) is 36.0 Å².